The van der Waals surface area contributed by atoms with Gasteiger partial charge in [0, 0.05) is 58.8 Å². The van der Waals surface area contributed by atoms with Crippen molar-refractivity contribution in [1.29, 1.82) is 0 Å². The van der Waals surface area contributed by atoms with Gasteiger partial charge < -0.3 is 15.0 Å². The van der Waals surface area contributed by atoms with E-state index in [1.54, 1.807) is 31.6 Å². The Bertz CT molecular complexity index is 1980. The van der Waals surface area contributed by atoms with E-state index in [0.29, 0.717) is 30.1 Å². The second kappa shape index (κ2) is 11.9. The van der Waals surface area contributed by atoms with E-state index in [9.17, 15) is 9.18 Å². The van der Waals surface area contributed by atoms with Gasteiger partial charge in [-0.2, -0.15) is 5.10 Å². The number of hydrogen-bond acceptors (Lipinski definition) is 6. The van der Waals surface area contributed by atoms with Gasteiger partial charge in [0.05, 0.1) is 23.3 Å². The van der Waals surface area contributed by atoms with Crippen molar-refractivity contribution in [3.05, 3.63) is 79.0 Å². The Hall–Kier alpha value is -5.09. The third-order valence-corrected chi connectivity index (χ3v) is 8.08. The highest BCUT2D eigenvalue weighted by Crippen LogP contribution is 2.36. The molecule has 0 bridgehead atoms. The van der Waals surface area contributed by atoms with Crippen LogP contribution in [0.4, 0.5) is 10.1 Å². The number of benzene rings is 2. The lowest BCUT2D eigenvalue weighted by Crippen LogP contribution is -2.25. The fourth-order valence-electron chi connectivity index (χ4n) is 5.82. The molecule has 0 aliphatic carbocycles. The van der Waals surface area contributed by atoms with Gasteiger partial charge in [-0.05, 0) is 73.5 Å². The number of likely N-dealkylation sites (tertiary alicyclic amines) is 1. The fraction of sp³-hybridized carbons (Fsp3) is 0.235. The highest BCUT2D eigenvalue weighted by Gasteiger charge is 2.16. The zero-order valence-electron chi connectivity index (χ0n) is 24.4. The summed E-state index contributed by atoms with van der Waals surface area (Å²) in [6.45, 7) is 5.37. The van der Waals surface area contributed by atoms with E-state index in [1.165, 1.54) is 18.9 Å². The first-order valence-electron chi connectivity index (χ1n) is 14.9. The van der Waals surface area contributed by atoms with Crippen LogP contribution in [0.15, 0.2) is 73.2 Å². The Morgan fingerprint density at radius 1 is 1.00 bits per heavy atom. The number of aromatic amines is 2. The van der Waals surface area contributed by atoms with Crippen LogP contribution in [0.2, 0.25) is 0 Å². The van der Waals surface area contributed by atoms with Gasteiger partial charge in [-0.25, -0.2) is 9.37 Å². The van der Waals surface area contributed by atoms with E-state index in [4.69, 9.17) is 4.74 Å². The average molecular weight is 590 g/mol. The van der Waals surface area contributed by atoms with Crippen LogP contribution in [0, 0.1) is 5.82 Å². The van der Waals surface area contributed by atoms with Crippen LogP contribution >= 0.6 is 0 Å². The van der Waals surface area contributed by atoms with Crippen LogP contribution in [0.1, 0.15) is 26.2 Å². The summed E-state index contributed by atoms with van der Waals surface area (Å²) in [4.78, 5) is 26.6. The van der Waals surface area contributed by atoms with Gasteiger partial charge in [0.25, 0.3) is 0 Å². The highest BCUT2D eigenvalue weighted by molar-refractivity contribution is 6.01. The van der Waals surface area contributed by atoms with Crippen molar-refractivity contribution in [2.45, 2.75) is 26.2 Å². The maximum absolute atomic E-state index is 14.8. The van der Waals surface area contributed by atoms with Crippen LogP contribution in [0.3, 0.4) is 0 Å². The van der Waals surface area contributed by atoms with Crippen molar-refractivity contribution in [3.8, 4) is 39.4 Å². The highest BCUT2D eigenvalue weighted by atomic mass is 19.1. The van der Waals surface area contributed by atoms with E-state index in [1.807, 2.05) is 42.5 Å². The molecule has 6 aromatic rings. The lowest BCUT2D eigenvalue weighted by Gasteiger charge is -2.15. The van der Waals surface area contributed by atoms with E-state index in [2.05, 4.69) is 35.4 Å². The molecule has 1 saturated heterocycles. The fourth-order valence-corrected chi connectivity index (χ4v) is 5.82. The number of rotatable bonds is 9. The molecule has 0 unspecified atom stereocenters. The molecule has 10 heteroatoms. The summed E-state index contributed by atoms with van der Waals surface area (Å²) in [6.07, 6.45) is 7.94. The number of halogens is 1. The van der Waals surface area contributed by atoms with Crippen LogP contribution in [-0.2, 0) is 4.79 Å². The lowest BCUT2D eigenvalue weighted by atomic mass is 10.0. The maximum Gasteiger partial charge on any atom is 0.224 e. The molecule has 0 radical (unpaired) electrons. The third kappa shape index (κ3) is 5.63. The second-order valence-corrected chi connectivity index (χ2v) is 11.1. The first kappa shape index (κ1) is 27.7. The second-order valence-electron chi connectivity index (χ2n) is 11.1. The molecule has 4 aromatic heterocycles. The number of pyridine rings is 2. The Balaban J connectivity index is 1.20. The number of hydrogen-bond donors (Lipinski definition) is 3. The van der Waals surface area contributed by atoms with Crippen molar-refractivity contribution in [2.24, 2.45) is 0 Å². The number of ether oxygens (including phenoxy) is 1. The lowest BCUT2D eigenvalue weighted by molar-refractivity contribution is -0.115. The molecule has 0 atom stereocenters. The predicted molar refractivity (Wildman–Crippen MR) is 170 cm³/mol. The van der Waals surface area contributed by atoms with Gasteiger partial charge in [0.2, 0.25) is 5.91 Å². The van der Waals surface area contributed by atoms with Gasteiger partial charge >= 0.3 is 0 Å². The molecule has 5 heterocycles. The van der Waals surface area contributed by atoms with Crippen molar-refractivity contribution >= 4 is 33.5 Å². The summed E-state index contributed by atoms with van der Waals surface area (Å²) in [7, 11) is 0. The Morgan fingerprint density at radius 2 is 1.86 bits per heavy atom. The largest absolute Gasteiger partial charge is 0.492 e. The minimum atomic E-state index is -0.336. The van der Waals surface area contributed by atoms with Crippen molar-refractivity contribution in [3.63, 3.8) is 0 Å². The van der Waals surface area contributed by atoms with E-state index in [-0.39, 0.29) is 11.7 Å². The number of anilines is 1. The van der Waals surface area contributed by atoms with E-state index < -0.39 is 0 Å². The number of aromatic nitrogens is 5. The van der Waals surface area contributed by atoms with Crippen LogP contribution in [0.5, 0.6) is 5.75 Å². The molecular weight excluding hydrogens is 557 g/mol. The summed E-state index contributed by atoms with van der Waals surface area (Å²) in [6, 6.07) is 16.8. The topological polar surface area (TPSA) is 112 Å². The normalized spacial score (nSPS) is 13.6. The zero-order valence-corrected chi connectivity index (χ0v) is 24.4. The Labute approximate surface area is 253 Å². The molecular formula is C34H32FN7O2. The van der Waals surface area contributed by atoms with Crippen molar-refractivity contribution in [2.75, 3.05) is 31.6 Å². The third-order valence-electron chi connectivity index (χ3n) is 8.08. The van der Waals surface area contributed by atoms with Crippen LogP contribution < -0.4 is 10.1 Å². The molecule has 0 saturated carbocycles. The summed E-state index contributed by atoms with van der Waals surface area (Å²) in [5.74, 6) is 0.114. The molecule has 7 rings (SSSR count). The van der Waals surface area contributed by atoms with E-state index in [0.717, 1.165) is 69.6 Å². The zero-order chi connectivity index (χ0) is 30.0. The average Bonchev–Trinajstić information content (AvgIpc) is 3.80. The number of nitrogens with zero attached hydrogens (tertiary/aromatic N) is 4. The van der Waals surface area contributed by atoms with Crippen molar-refractivity contribution < 1.29 is 13.9 Å². The quantitative estimate of drug-likeness (QED) is 0.171. The molecule has 0 spiro atoms. The molecule has 1 fully saturated rings. The van der Waals surface area contributed by atoms with Crippen LogP contribution in [-0.4, -0.2) is 62.2 Å². The first-order valence-corrected chi connectivity index (χ1v) is 14.9. The molecule has 3 N–H and O–H groups in total. The molecule has 1 aliphatic rings. The summed E-state index contributed by atoms with van der Waals surface area (Å²) in [5.41, 5.74) is 7.03. The monoisotopic (exact) mass is 589 g/mol. The van der Waals surface area contributed by atoms with Gasteiger partial charge in [-0.15, -0.1) is 0 Å². The van der Waals surface area contributed by atoms with Gasteiger partial charge in [0.15, 0.2) is 5.65 Å². The standard InChI is InChI=1S/C34H32FN7O2/c1-2-32(43)38-25-13-22(18-36-20-25)23-15-29-33(40-41-34(29)37-19-23)31-17-28-27(6-5-7-30(28)39-31)21-12-24(35)16-26(14-21)44-11-10-42-8-3-4-9-42/h5-7,12-20,39H,2-4,8-11H2,1H3,(H,38,43)(H,37,40,41). The minimum Gasteiger partial charge on any atom is -0.492 e. The van der Waals surface area contributed by atoms with Crippen LogP contribution in [0.25, 0.3) is 55.6 Å². The predicted octanol–water partition coefficient (Wildman–Crippen LogP) is 6.80. The first-order chi connectivity index (χ1) is 21.5. The molecule has 44 heavy (non-hydrogen) atoms. The number of carbonyl (C=O) groups excluding carboxylic acids is 1. The summed E-state index contributed by atoms with van der Waals surface area (Å²) >= 11 is 0. The maximum atomic E-state index is 14.8. The smallest absolute Gasteiger partial charge is 0.224 e. The minimum absolute atomic E-state index is 0.0765. The number of H-pyrrole nitrogens is 2. The van der Waals surface area contributed by atoms with E-state index >= 15 is 0 Å². The number of amides is 1. The molecule has 222 valence electrons. The summed E-state index contributed by atoms with van der Waals surface area (Å²) < 4.78 is 20.8. The Morgan fingerprint density at radius 3 is 2.73 bits per heavy atom. The molecule has 2 aromatic carbocycles. The van der Waals surface area contributed by atoms with Gasteiger partial charge in [-0.3, -0.25) is 19.8 Å². The Kier molecular flexibility index (Phi) is 7.49. The molecule has 1 aliphatic heterocycles. The summed E-state index contributed by atoms with van der Waals surface area (Å²) in [5, 5.41) is 12.2. The molecule has 1 amide bonds. The number of fused-ring (bicyclic) bond motifs is 2. The van der Waals surface area contributed by atoms with Gasteiger partial charge in [0.1, 0.15) is 18.2 Å². The van der Waals surface area contributed by atoms with Crippen molar-refractivity contribution in [1.82, 2.24) is 30.0 Å². The number of carbonyl (C=O) groups is 1. The van der Waals surface area contributed by atoms with Gasteiger partial charge in [-0.1, -0.05) is 19.1 Å². The SMILES string of the molecule is CCC(=O)Nc1cncc(-c2cnc3n[nH]c(-c4cc5c(-c6cc(F)cc(OCCN7CCCC7)c6)cccc5[nH]4)c3c2)c1. The number of nitrogens with one attached hydrogen (secondary N) is 3. The molecule has 9 nitrogen and oxygen atoms in total.